The van der Waals surface area contributed by atoms with Crippen LogP contribution in [0.5, 0.6) is 11.5 Å². The fourth-order valence-electron chi connectivity index (χ4n) is 3.62. The van der Waals surface area contributed by atoms with E-state index in [0.29, 0.717) is 37.7 Å². The topological polar surface area (TPSA) is 59.1 Å². The van der Waals surface area contributed by atoms with Gasteiger partial charge in [0.05, 0.1) is 0 Å². The number of hydrogen-bond donors (Lipinski definition) is 0. The number of ether oxygens (including phenoxy) is 2. The van der Waals surface area contributed by atoms with Crippen LogP contribution in [0, 0.1) is 13.8 Å². The van der Waals surface area contributed by atoms with E-state index < -0.39 is 12.2 Å². The number of nitrogens with zero attached hydrogens (tertiary/aromatic N) is 2. The van der Waals surface area contributed by atoms with Gasteiger partial charge in [-0.25, -0.2) is 0 Å². The quantitative estimate of drug-likeness (QED) is 0.711. The molecule has 0 spiro atoms. The Morgan fingerprint density at radius 2 is 1.03 bits per heavy atom. The summed E-state index contributed by atoms with van der Waals surface area (Å²) in [6.45, 7) is 9.76. The van der Waals surface area contributed by atoms with Crippen molar-refractivity contribution in [3.05, 3.63) is 59.7 Å². The van der Waals surface area contributed by atoms with Crippen molar-refractivity contribution < 1.29 is 19.1 Å². The standard InChI is InChI=1S/C25H32N2O4/c1-18-6-10-22(11-7-18)30-20(3)24(28)26-14-5-15-27(17-16-26)25(29)21(4)31-23-12-8-19(2)9-13-23/h6-13,20-21H,5,14-17H2,1-4H3. The molecule has 2 unspecified atom stereocenters. The van der Waals surface area contributed by atoms with Gasteiger partial charge in [-0.3, -0.25) is 9.59 Å². The lowest BCUT2D eigenvalue weighted by Crippen LogP contribution is -2.45. The molecule has 2 aromatic carbocycles. The first kappa shape index (κ1) is 22.7. The fraction of sp³-hybridized carbons (Fsp3) is 0.440. The molecular weight excluding hydrogens is 392 g/mol. The lowest BCUT2D eigenvalue weighted by atomic mass is 10.2. The highest BCUT2D eigenvalue weighted by Gasteiger charge is 2.28. The second-order valence-electron chi connectivity index (χ2n) is 8.15. The maximum absolute atomic E-state index is 12.9. The summed E-state index contributed by atoms with van der Waals surface area (Å²) >= 11 is 0. The Hall–Kier alpha value is -3.02. The van der Waals surface area contributed by atoms with Crippen LogP contribution in [-0.4, -0.2) is 60.0 Å². The van der Waals surface area contributed by atoms with E-state index in [9.17, 15) is 9.59 Å². The number of aryl methyl sites for hydroxylation is 2. The highest BCUT2D eigenvalue weighted by molar-refractivity contribution is 5.82. The van der Waals surface area contributed by atoms with Crippen molar-refractivity contribution >= 4 is 11.8 Å². The number of carbonyl (C=O) groups is 2. The molecular formula is C25H32N2O4. The molecule has 0 bridgehead atoms. The monoisotopic (exact) mass is 424 g/mol. The molecule has 6 heteroatoms. The molecule has 1 saturated heterocycles. The van der Waals surface area contributed by atoms with Crippen molar-refractivity contribution in [2.45, 2.75) is 46.3 Å². The first-order chi connectivity index (χ1) is 14.8. The Balaban J connectivity index is 1.52. The van der Waals surface area contributed by atoms with Gasteiger partial charge in [-0.05, 0) is 58.4 Å². The Labute approximate surface area is 184 Å². The van der Waals surface area contributed by atoms with Crippen LogP contribution in [0.4, 0.5) is 0 Å². The van der Waals surface area contributed by atoms with Crippen LogP contribution in [-0.2, 0) is 9.59 Å². The fourth-order valence-corrected chi connectivity index (χ4v) is 3.62. The minimum absolute atomic E-state index is 0.0566. The molecule has 166 valence electrons. The summed E-state index contributed by atoms with van der Waals surface area (Å²) in [6.07, 6.45) is -0.422. The summed E-state index contributed by atoms with van der Waals surface area (Å²) in [4.78, 5) is 29.3. The highest BCUT2D eigenvalue weighted by atomic mass is 16.5. The minimum atomic E-state index is -0.575. The van der Waals surface area contributed by atoms with Gasteiger partial charge < -0.3 is 19.3 Å². The Morgan fingerprint density at radius 1 is 0.677 bits per heavy atom. The van der Waals surface area contributed by atoms with Crippen LogP contribution in [0.15, 0.2) is 48.5 Å². The Morgan fingerprint density at radius 3 is 1.39 bits per heavy atom. The molecule has 3 rings (SSSR count). The summed E-state index contributed by atoms with van der Waals surface area (Å²) in [5, 5.41) is 0. The Kier molecular flexibility index (Phi) is 7.55. The van der Waals surface area contributed by atoms with E-state index >= 15 is 0 Å². The molecule has 0 radical (unpaired) electrons. The molecule has 2 amide bonds. The van der Waals surface area contributed by atoms with Crippen molar-refractivity contribution in [2.24, 2.45) is 0 Å². The van der Waals surface area contributed by atoms with E-state index in [1.54, 1.807) is 23.6 Å². The summed E-state index contributed by atoms with van der Waals surface area (Å²) < 4.78 is 11.6. The zero-order valence-electron chi connectivity index (χ0n) is 18.8. The van der Waals surface area contributed by atoms with E-state index in [4.69, 9.17) is 9.47 Å². The van der Waals surface area contributed by atoms with Gasteiger partial charge in [0.15, 0.2) is 12.2 Å². The maximum atomic E-state index is 12.9. The van der Waals surface area contributed by atoms with Gasteiger partial charge >= 0.3 is 0 Å². The number of rotatable bonds is 6. The van der Waals surface area contributed by atoms with E-state index in [2.05, 4.69) is 0 Å². The number of carbonyl (C=O) groups excluding carboxylic acids is 2. The van der Waals surface area contributed by atoms with Crippen molar-refractivity contribution in [3.8, 4) is 11.5 Å². The predicted octanol–water partition coefficient (Wildman–Crippen LogP) is 3.60. The third-order valence-electron chi connectivity index (χ3n) is 5.48. The first-order valence-electron chi connectivity index (χ1n) is 10.9. The number of benzene rings is 2. The molecule has 1 fully saturated rings. The molecule has 2 aromatic rings. The molecule has 1 aliphatic rings. The molecule has 0 N–H and O–H groups in total. The second kappa shape index (κ2) is 10.3. The average Bonchev–Trinajstić information content (AvgIpc) is 3.02. The molecule has 0 aromatic heterocycles. The molecule has 1 heterocycles. The van der Waals surface area contributed by atoms with E-state index in [0.717, 1.165) is 17.5 Å². The van der Waals surface area contributed by atoms with Crippen LogP contribution in [0.25, 0.3) is 0 Å². The zero-order chi connectivity index (χ0) is 22.4. The van der Waals surface area contributed by atoms with Crippen LogP contribution in [0.1, 0.15) is 31.4 Å². The van der Waals surface area contributed by atoms with E-state index in [1.165, 1.54) is 0 Å². The molecule has 1 aliphatic heterocycles. The smallest absolute Gasteiger partial charge is 0.263 e. The maximum Gasteiger partial charge on any atom is 0.263 e. The van der Waals surface area contributed by atoms with Gasteiger partial charge in [0.2, 0.25) is 0 Å². The van der Waals surface area contributed by atoms with Crippen LogP contribution < -0.4 is 9.47 Å². The molecule has 0 aliphatic carbocycles. The minimum Gasteiger partial charge on any atom is -0.481 e. The second-order valence-corrected chi connectivity index (χ2v) is 8.15. The van der Waals surface area contributed by atoms with Crippen LogP contribution >= 0.6 is 0 Å². The lowest BCUT2D eigenvalue weighted by Gasteiger charge is -2.26. The van der Waals surface area contributed by atoms with Crippen LogP contribution in [0.3, 0.4) is 0 Å². The molecule has 6 nitrogen and oxygen atoms in total. The van der Waals surface area contributed by atoms with Crippen molar-refractivity contribution in [1.82, 2.24) is 9.80 Å². The predicted molar refractivity (Wildman–Crippen MR) is 120 cm³/mol. The Bertz CT molecular complexity index is 806. The number of amides is 2. The van der Waals surface area contributed by atoms with Crippen molar-refractivity contribution in [1.29, 1.82) is 0 Å². The molecule has 2 atom stereocenters. The average molecular weight is 425 g/mol. The lowest BCUT2D eigenvalue weighted by molar-refractivity contribution is -0.140. The van der Waals surface area contributed by atoms with Gasteiger partial charge in [0, 0.05) is 26.2 Å². The third kappa shape index (κ3) is 6.23. The largest absolute Gasteiger partial charge is 0.481 e. The summed E-state index contributed by atoms with van der Waals surface area (Å²) in [5.41, 5.74) is 2.29. The van der Waals surface area contributed by atoms with Gasteiger partial charge in [0.1, 0.15) is 11.5 Å². The van der Waals surface area contributed by atoms with Crippen molar-refractivity contribution in [2.75, 3.05) is 26.2 Å². The first-order valence-corrected chi connectivity index (χ1v) is 10.9. The summed E-state index contributed by atoms with van der Waals surface area (Å²) in [7, 11) is 0. The van der Waals surface area contributed by atoms with Gasteiger partial charge in [0.25, 0.3) is 11.8 Å². The summed E-state index contributed by atoms with van der Waals surface area (Å²) in [6, 6.07) is 15.3. The van der Waals surface area contributed by atoms with Gasteiger partial charge in [-0.2, -0.15) is 0 Å². The van der Waals surface area contributed by atoms with Crippen molar-refractivity contribution in [3.63, 3.8) is 0 Å². The van der Waals surface area contributed by atoms with Gasteiger partial charge in [-0.15, -0.1) is 0 Å². The van der Waals surface area contributed by atoms with Gasteiger partial charge in [-0.1, -0.05) is 35.4 Å². The SMILES string of the molecule is Cc1ccc(OC(C)C(=O)N2CCCN(C(=O)C(C)Oc3ccc(C)cc3)CC2)cc1. The number of hydrogen-bond acceptors (Lipinski definition) is 4. The highest BCUT2D eigenvalue weighted by Crippen LogP contribution is 2.17. The van der Waals surface area contributed by atoms with E-state index in [1.807, 2.05) is 62.4 Å². The van der Waals surface area contributed by atoms with E-state index in [-0.39, 0.29) is 11.8 Å². The zero-order valence-corrected chi connectivity index (χ0v) is 18.8. The molecule has 0 saturated carbocycles. The third-order valence-corrected chi connectivity index (χ3v) is 5.48. The van der Waals surface area contributed by atoms with Crippen LogP contribution in [0.2, 0.25) is 0 Å². The molecule has 31 heavy (non-hydrogen) atoms. The normalized spacial score (nSPS) is 16.3. The summed E-state index contributed by atoms with van der Waals surface area (Å²) in [5.74, 6) is 1.25.